The summed E-state index contributed by atoms with van der Waals surface area (Å²) >= 11 is 0. The molecule has 11 heteroatoms. The molecule has 3 heterocycles. The quantitative estimate of drug-likeness (QED) is 0.359. The topological polar surface area (TPSA) is 136 Å². The first kappa shape index (κ1) is 30.2. The highest BCUT2D eigenvalue weighted by atomic mass is 16.7. The van der Waals surface area contributed by atoms with Gasteiger partial charge in [-0.3, -0.25) is 9.59 Å². The molecule has 1 aliphatic carbocycles. The van der Waals surface area contributed by atoms with Gasteiger partial charge in [-0.25, -0.2) is 0 Å². The molecule has 1 saturated carbocycles. The number of aliphatic hydroxyl groups is 2. The fraction of sp³-hybridized carbons (Fsp3) is 0.429. The third-order valence-corrected chi connectivity index (χ3v) is 9.89. The minimum absolute atomic E-state index is 0.0702. The van der Waals surface area contributed by atoms with Gasteiger partial charge in [-0.15, -0.1) is 0 Å². The van der Waals surface area contributed by atoms with Crippen molar-refractivity contribution in [2.75, 3.05) is 27.6 Å². The molecule has 46 heavy (non-hydrogen) atoms. The Morgan fingerprint density at radius 3 is 2.43 bits per heavy atom. The summed E-state index contributed by atoms with van der Waals surface area (Å²) in [6, 6.07) is 18.0. The third kappa shape index (κ3) is 4.17. The Morgan fingerprint density at radius 1 is 1.02 bits per heavy atom. The van der Waals surface area contributed by atoms with E-state index in [2.05, 4.69) is 5.32 Å². The monoisotopic (exact) mass is 630 g/mol. The molecule has 3 aromatic carbocycles. The van der Waals surface area contributed by atoms with E-state index in [-0.39, 0.29) is 41.4 Å². The molecule has 242 valence electrons. The number of hydrogen-bond acceptors (Lipinski definition) is 9. The van der Waals surface area contributed by atoms with Crippen molar-refractivity contribution >= 4 is 11.8 Å². The molecule has 6 atom stereocenters. The van der Waals surface area contributed by atoms with Gasteiger partial charge in [0.25, 0.3) is 0 Å². The van der Waals surface area contributed by atoms with Crippen LogP contribution in [0.4, 0.5) is 0 Å². The van der Waals surface area contributed by atoms with E-state index in [4.69, 9.17) is 23.7 Å². The summed E-state index contributed by atoms with van der Waals surface area (Å²) < 4.78 is 29.6. The van der Waals surface area contributed by atoms with E-state index in [1.807, 2.05) is 30.3 Å². The smallest absolute Gasteiger partial charge is 0.231 e. The van der Waals surface area contributed by atoms with Crippen molar-refractivity contribution in [3.8, 4) is 28.7 Å². The van der Waals surface area contributed by atoms with Crippen LogP contribution in [0.15, 0.2) is 60.7 Å². The molecular weight excluding hydrogens is 592 g/mol. The van der Waals surface area contributed by atoms with Gasteiger partial charge < -0.3 is 44.1 Å². The van der Waals surface area contributed by atoms with Gasteiger partial charge in [0.15, 0.2) is 17.1 Å². The number of carbonyl (C=O) groups is 2. The van der Waals surface area contributed by atoms with Crippen molar-refractivity contribution in [1.82, 2.24) is 10.2 Å². The van der Waals surface area contributed by atoms with Crippen LogP contribution >= 0.6 is 0 Å². The molecule has 3 aromatic rings. The lowest BCUT2D eigenvalue weighted by Gasteiger charge is -2.45. The van der Waals surface area contributed by atoms with E-state index in [0.29, 0.717) is 42.0 Å². The largest absolute Gasteiger partial charge is 0.497 e. The van der Waals surface area contributed by atoms with Crippen LogP contribution in [0.5, 0.6) is 28.7 Å². The first-order chi connectivity index (χ1) is 22.2. The Kier molecular flexibility index (Phi) is 7.28. The molecular formula is C35H38N2O9. The number of likely N-dealkylation sites (tertiary alicyclic amines) is 1. The average Bonchev–Trinajstić information content (AvgIpc) is 3.76. The maximum atomic E-state index is 15.1. The SMILES string of the molecule is COc1ccc(C23Oc4cc5c(c(OC)c4C(O)(C(C(=O)N4CCCC4NC(=O)C(C)C)C2c2ccccc2)C3O)OCO5)cc1. The first-order valence-corrected chi connectivity index (χ1v) is 15.6. The Hall–Kier alpha value is -4.48. The minimum Gasteiger partial charge on any atom is -0.497 e. The van der Waals surface area contributed by atoms with E-state index in [0.717, 1.165) is 0 Å². The van der Waals surface area contributed by atoms with Crippen LogP contribution in [0, 0.1) is 11.8 Å². The van der Waals surface area contributed by atoms with Gasteiger partial charge in [-0.05, 0) is 36.1 Å². The highest BCUT2D eigenvalue weighted by molar-refractivity contribution is 5.86. The number of nitrogens with zero attached hydrogens (tertiary/aromatic N) is 1. The van der Waals surface area contributed by atoms with Gasteiger partial charge in [0.2, 0.25) is 24.4 Å². The van der Waals surface area contributed by atoms with Crippen molar-refractivity contribution in [2.45, 2.75) is 56.1 Å². The van der Waals surface area contributed by atoms with Crippen molar-refractivity contribution in [3.63, 3.8) is 0 Å². The summed E-state index contributed by atoms with van der Waals surface area (Å²) in [5, 5.41) is 28.9. The number of hydrogen-bond donors (Lipinski definition) is 3. The highest BCUT2D eigenvalue weighted by Crippen LogP contribution is 2.70. The maximum Gasteiger partial charge on any atom is 0.231 e. The van der Waals surface area contributed by atoms with E-state index >= 15 is 4.79 Å². The van der Waals surface area contributed by atoms with Crippen LogP contribution in [0.1, 0.15) is 49.3 Å². The van der Waals surface area contributed by atoms with Crippen LogP contribution in [0.25, 0.3) is 0 Å². The number of fused-ring (bicyclic) bond motifs is 5. The number of rotatable bonds is 7. The zero-order chi connectivity index (χ0) is 32.4. The van der Waals surface area contributed by atoms with Crippen LogP contribution in [-0.4, -0.2) is 66.8 Å². The number of carbonyl (C=O) groups excluding carboxylic acids is 2. The van der Waals surface area contributed by atoms with E-state index in [1.165, 1.54) is 7.11 Å². The van der Waals surface area contributed by atoms with Gasteiger partial charge in [0, 0.05) is 24.4 Å². The maximum absolute atomic E-state index is 15.1. The molecule has 7 rings (SSSR count). The van der Waals surface area contributed by atoms with Gasteiger partial charge in [-0.2, -0.15) is 0 Å². The summed E-state index contributed by atoms with van der Waals surface area (Å²) in [5.41, 5.74) is -2.55. The number of methoxy groups -OCH3 is 2. The molecule has 3 aliphatic heterocycles. The Morgan fingerprint density at radius 2 is 1.76 bits per heavy atom. The lowest BCUT2D eigenvalue weighted by molar-refractivity contribution is -0.167. The normalized spacial score (nSPS) is 28.9. The first-order valence-electron chi connectivity index (χ1n) is 15.6. The summed E-state index contributed by atoms with van der Waals surface area (Å²) in [5.74, 6) is -1.54. The molecule has 4 aliphatic rings. The van der Waals surface area contributed by atoms with E-state index < -0.39 is 41.2 Å². The Balaban J connectivity index is 1.49. The molecule has 1 saturated heterocycles. The fourth-order valence-electron chi connectivity index (χ4n) is 7.78. The van der Waals surface area contributed by atoms with E-state index in [9.17, 15) is 15.0 Å². The number of benzene rings is 3. The minimum atomic E-state index is -2.23. The van der Waals surface area contributed by atoms with Crippen LogP contribution in [0.2, 0.25) is 0 Å². The summed E-state index contributed by atoms with van der Waals surface area (Å²) in [6.45, 7) is 3.89. The number of aliphatic hydroxyl groups excluding tert-OH is 1. The molecule has 2 fully saturated rings. The highest BCUT2D eigenvalue weighted by Gasteiger charge is 2.77. The Labute approximate surface area is 267 Å². The van der Waals surface area contributed by atoms with Gasteiger partial charge in [0.05, 0.1) is 25.7 Å². The fourth-order valence-corrected chi connectivity index (χ4v) is 7.78. The van der Waals surface area contributed by atoms with Gasteiger partial charge in [-0.1, -0.05) is 56.3 Å². The number of ether oxygens (including phenoxy) is 5. The van der Waals surface area contributed by atoms with Crippen molar-refractivity contribution in [2.24, 2.45) is 11.8 Å². The second-order valence-electron chi connectivity index (χ2n) is 12.6. The number of amides is 2. The van der Waals surface area contributed by atoms with Crippen molar-refractivity contribution in [1.29, 1.82) is 0 Å². The molecule has 6 unspecified atom stereocenters. The molecule has 0 aromatic heterocycles. The van der Waals surface area contributed by atoms with Gasteiger partial charge in [0.1, 0.15) is 29.4 Å². The summed E-state index contributed by atoms with van der Waals surface area (Å²) in [6.07, 6.45) is -0.999. The van der Waals surface area contributed by atoms with E-state index in [1.54, 1.807) is 56.2 Å². The van der Waals surface area contributed by atoms with Crippen LogP contribution in [-0.2, 0) is 20.8 Å². The second kappa shape index (κ2) is 11.1. The predicted molar refractivity (Wildman–Crippen MR) is 165 cm³/mol. The molecule has 2 bridgehead atoms. The standard InChI is InChI=1S/C35H38N2O9/c1-19(2)31(38)36-25-11-8-16-37(25)32(39)28-26(20-9-6-5-7-10-20)35(21-12-14-22(42-3)15-13-21)33(40)34(28,41)27-23(46-35)17-24-29(30(27)43-4)45-18-44-24/h5-7,9-10,12-15,17,19,25-26,28,33,40-41H,8,11,16,18H2,1-4H3,(H,36,38). The third-order valence-electron chi connectivity index (χ3n) is 9.89. The van der Waals surface area contributed by atoms with Crippen molar-refractivity contribution < 1.29 is 43.5 Å². The van der Waals surface area contributed by atoms with Crippen LogP contribution < -0.4 is 29.0 Å². The predicted octanol–water partition coefficient (Wildman–Crippen LogP) is 3.40. The van der Waals surface area contributed by atoms with Gasteiger partial charge >= 0.3 is 0 Å². The lowest BCUT2D eigenvalue weighted by Crippen LogP contribution is -2.56. The summed E-state index contributed by atoms with van der Waals surface area (Å²) in [7, 11) is 2.99. The molecule has 11 nitrogen and oxygen atoms in total. The summed E-state index contributed by atoms with van der Waals surface area (Å²) in [4.78, 5) is 29.6. The number of nitrogens with one attached hydrogen (secondary N) is 1. The second-order valence-corrected chi connectivity index (χ2v) is 12.6. The van der Waals surface area contributed by atoms with Crippen molar-refractivity contribution in [3.05, 3.63) is 77.4 Å². The molecule has 0 radical (unpaired) electrons. The van der Waals surface area contributed by atoms with Crippen LogP contribution in [0.3, 0.4) is 0 Å². The average molecular weight is 631 g/mol. The Bertz CT molecular complexity index is 1660. The zero-order valence-electron chi connectivity index (χ0n) is 26.2. The molecule has 3 N–H and O–H groups in total. The zero-order valence-corrected chi connectivity index (χ0v) is 26.2. The molecule has 2 amide bonds. The molecule has 0 spiro atoms. The lowest BCUT2D eigenvalue weighted by atomic mass is 9.75.